The highest BCUT2D eigenvalue weighted by Crippen LogP contribution is 2.24. The fourth-order valence-electron chi connectivity index (χ4n) is 2.01. The van der Waals surface area contributed by atoms with Crippen LogP contribution >= 0.6 is 0 Å². The maximum absolute atomic E-state index is 11.6. The molecule has 0 aromatic heterocycles. The van der Waals surface area contributed by atoms with Crippen molar-refractivity contribution in [3.8, 4) is 5.75 Å². The molecular formula is C15H18O3S. The average molecular weight is 278 g/mol. The Bertz CT molecular complexity index is 642. The number of hydrogen-bond donors (Lipinski definition) is 0. The van der Waals surface area contributed by atoms with Crippen LogP contribution < -0.4 is 4.74 Å². The number of ether oxygens (including phenoxy) is 1. The number of sulfone groups is 1. The number of hydrogen-bond acceptors (Lipinski definition) is 3. The molecule has 0 spiro atoms. The molecule has 0 fully saturated rings. The van der Waals surface area contributed by atoms with E-state index in [1.165, 1.54) is 0 Å². The smallest absolute Gasteiger partial charge is 0.153 e. The Balaban J connectivity index is 2.06. The minimum absolute atomic E-state index is 0.0735. The van der Waals surface area contributed by atoms with Crippen molar-refractivity contribution in [2.45, 2.75) is 13.3 Å². The fourth-order valence-corrected chi connectivity index (χ4v) is 3.18. The van der Waals surface area contributed by atoms with Gasteiger partial charge >= 0.3 is 0 Å². The van der Waals surface area contributed by atoms with Crippen molar-refractivity contribution in [3.05, 3.63) is 42.5 Å². The van der Waals surface area contributed by atoms with Crippen LogP contribution in [0.1, 0.15) is 13.3 Å². The minimum atomic E-state index is -2.98. The van der Waals surface area contributed by atoms with Crippen LogP contribution in [0, 0.1) is 0 Å². The highest BCUT2D eigenvalue weighted by atomic mass is 32.2. The summed E-state index contributed by atoms with van der Waals surface area (Å²) in [6.45, 7) is 2.07. The van der Waals surface area contributed by atoms with Crippen molar-refractivity contribution < 1.29 is 13.2 Å². The summed E-state index contributed by atoms with van der Waals surface area (Å²) in [6.07, 6.45) is 0.649. The van der Waals surface area contributed by atoms with Crippen LogP contribution in [0.2, 0.25) is 0 Å². The maximum Gasteiger partial charge on any atom is 0.153 e. The van der Waals surface area contributed by atoms with Gasteiger partial charge in [0.05, 0.1) is 11.5 Å². The van der Waals surface area contributed by atoms with Gasteiger partial charge in [-0.2, -0.15) is 0 Å². The van der Waals surface area contributed by atoms with Gasteiger partial charge in [0, 0.05) is 5.39 Å². The standard InChI is InChI=1S/C15H18O3S/c1-2-11-19(16,17)12-10-18-15-9-5-7-13-6-3-4-8-14(13)15/h3-9H,2,10-12H2,1H3. The van der Waals surface area contributed by atoms with E-state index in [9.17, 15) is 8.42 Å². The fraction of sp³-hybridized carbons (Fsp3) is 0.333. The van der Waals surface area contributed by atoms with E-state index in [1.807, 2.05) is 49.4 Å². The molecule has 0 aliphatic rings. The van der Waals surface area contributed by atoms with E-state index in [0.29, 0.717) is 6.42 Å². The Morgan fingerprint density at radius 1 is 1.00 bits per heavy atom. The van der Waals surface area contributed by atoms with Crippen LogP contribution in [0.3, 0.4) is 0 Å². The first-order chi connectivity index (χ1) is 9.12. The first kappa shape index (κ1) is 13.9. The predicted molar refractivity (Wildman–Crippen MR) is 78.4 cm³/mol. The summed E-state index contributed by atoms with van der Waals surface area (Å²) < 4.78 is 28.8. The maximum atomic E-state index is 11.6. The van der Waals surface area contributed by atoms with Gasteiger partial charge in [0.2, 0.25) is 0 Å². The number of fused-ring (bicyclic) bond motifs is 1. The lowest BCUT2D eigenvalue weighted by molar-refractivity contribution is 0.345. The zero-order valence-corrected chi connectivity index (χ0v) is 11.8. The molecule has 3 nitrogen and oxygen atoms in total. The molecule has 0 radical (unpaired) electrons. The third-order valence-corrected chi connectivity index (χ3v) is 4.74. The third-order valence-electron chi connectivity index (χ3n) is 2.92. The van der Waals surface area contributed by atoms with Crippen molar-refractivity contribution in [3.63, 3.8) is 0 Å². The van der Waals surface area contributed by atoms with E-state index in [2.05, 4.69) is 0 Å². The van der Waals surface area contributed by atoms with Gasteiger partial charge in [-0.05, 0) is 17.9 Å². The molecule has 102 valence electrons. The molecule has 0 unspecified atom stereocenters. The van der Waals surface area contributed by atoms with Crippen molar-refractivity contribution >= 4 is 20.6 Å². The van der Waals surface area contributed by atoms with E-state index >= 15 is 0 Å². The second-order valence-electron chi connectivity index (χ2n) is 4.48. The Labute approximate surface area is 114 Å². The summed E-state index contributed by atoms with van der Waals surface area (Å²) in [5.41, 5.74) is 0. The molecule has 0 N–H and O–H groups in total. The van der Waals surface area contributed by atoms with Gasteiger partial charge in [-0.25, -0.2) is 8.42 Å². The number of benzene rings is 2. The molecule has 19 heavy (non-hydrogen) atoms. The van der Waals surface area contributed by atoms with Crippen LogP contribution in [0.25, 0.3) is 10.8 Å². The summed E-state index contributed by atoms with van der Waals surface area (Å²) in [5.74, 6) is 1.04. The predicted octanol–water partition coefficient (Wildman–Crippen LogP) is 3.04. The molecule has 0 heterocycles. The highest BCUT2D eigenvalue weighted by molar-refractivity contribution is 7.91. The van der Waals surface area contributed by atoms with Crippen molar-refractivity contribution in [1.82, 2.24) is 0 Å². The number of rotatable bonds is 6. The van der Waals surface area contributed by atoms with E-state index in [4.69, 9.17) is 4.74 Å². The SMILES string of the molecule is CCCS(=O)(=O)CCOc1cccc2ccccc12. The van der Waals surface area contributed by atoms with Crippen molar-refractivity contribution in [1.29, 1.82) is 0 Å². The van der Waals surface area contributed by atoms with Crippen LogP contribution in [0.5, 0.6) is 5.75 Å². The van der Waals surface area contributed by atoms with Gasteiger partial charge < -0.3 is 4.74 Å². The van der Waals surface area contributed by atoms with E-state index in [-0.39, 0.29) is 18.1 Å². The Morgan fingerprint density at radius 3 is 2.53 bits per heavy atom. The van der Waals surface area contributed by atoms with Gasteiger partial charge in [-0.3, -0.25) is 0 Å². The Kier molecular flexibility index (Phi) is 4.43. The van der Waals surface area contributed by atoms with Crippen LogP contribution in [0.4, 0.5) is 0 Å². The molecule has 4 heteroatoms. The summed E-state index contributed by atoms with van der Waals surface area (Å²) in [7, 11) is -2.98. The first-order valence-electron chi connectivity index (χ1n) is 6.43. The normalized spacial score (nSPS) is 11.6. The summed E-state index contributed by atoms with van der Waals surface area (Å²) >= 11 is 0. The first-order valence-corrected chi connectivity index (χ1v) is 8.25. The Hall–Kier alpha value is -1.55. The van der Waals surface area contributed by atoms with Crippen molar-refractivity contribution in [2.75, 3.05) is 18.1 Å². The van der Waals surface area contributed by atoms with Gasteiger partial charge in [0.1, 0.15) is 12.4 Å². The zero-order chi connectivity index (χ0) is 13.7. The molecule has 0 saturated carbocycles. The molecule has 0 saturated heterocycles. The van der Waals surface area contributed by atoms with E-state index < -0.39 is 9.84 Å². The zero-order valence-electron chi connectivity index (χ0n) is 11.0. The molecule has 0 bridgehead atoms. The monoisotopic (exact) mass is 278 g/mol. The largest absolute Gasteiger partial charge is 0.492 e. The minimum Gasteiger partial charge on any atom is -0.492 e. The summed E-state index contributed by atoms with van der Waals surface area (Å²) in [5, 5.41) is 2.11. The molecule has 0 amide bonds. The lowest BCUT2D eigenvalue weighted by Crippen LogP contribution is -2.16. The van der Waals surface area contributed by atoms with E-state index in [1.54, 1.807) is 0 Å². The van der Waals surface area contributed by atoms with Gasteiger partial charge in [0.25, 0.3) is 0 Å². The van der Waals surface area contributed by atoms with Crippen molar-refractivity contribution in [2.24, 2.45) is 0 Å². The molecular weight excluding hydrogens is 260 g/mol. The van der Waals surface area contributed by atoms with Crippen LogP contribution in [-0.4, -0.2) is 26.5 Å². The topological polar surface area (TPSA) is 43.4 Å². The quantitative estimate of drug-likeness (QED) is 0.815. The summed E-state index contributed by atoms with van der Waals surface area (Å²) in [4.78, 5) is 0. The lowest BCUT2D eigenvalue weighted by atomic mass is 10.1. The van der Waals surface area contributed by atoms with Gasteiger partial charge in [0.15, 0.2) is 9.84 Å². The van der Waals surface area contributed by atoms with E-state index in [0.717, 1.165) is 16.5 Å². The van der Waals surface area contributed by atoms with Gasteiger partial charge in [-0.15, -0.1) is 0 Å². The second-order valence-corrected chi connectivity index (χ2v) is 6.78. The lowest BCUT2D eigenvalue weighted by Gasteiger charge is -2.09. The van der Waals surface area contributed by atoms with Gasteiger partial charge in [-0.1, -0.05) is 43.3 Å². The third kappa shape index (κ3) is 3.70. The molecule has 2 aromatic rings. The molecule has 0 aliphatic carbocycles. The molecule has 0 aliphatic heterocycles. The van der Waals surface area contributed by atoms with Crippen LogP contribution in [0.15, 0.2) is 42.5 Å². The second kappa shape index (κ2) is 6.06. The average Bonchev–Trinajstić information content (AvgIpc) is 2.39. The Morgan fingerprint density at radius 2 is 1.74 bits per heavy atom. The van der Waals surface area contributed by atoms with Crippen LogP contribution in [-0.2, 0) is 9.84 Å². The molecule has 2 rings (SSSR count). The summed E-state index contributed by atoms with van der Waals surface area (Å²) in [6, 6.07) is 13.7. The highest BCUT2D eigenvalue weighted by Gasteiger charge is 2.10. The molecule has 2 aromatic carbocycles. The molecule has 0 atom stereocenters.